The topological polar surface area (TPSA) is 104 Å². The third-order valence-electron chi connectivity index (χ3n) is 4.46. The lowest BCUT2D eigenvalue weighted by Crippen LogP contribution is -2.36. The molecule has 0 aliphatic heterocycles. The average molecular weight is 527 g/mol. The van der Waals surface area contributed by atoms with Gasteiger partial charge < -0.3 is 4.57 Å². The molecule has 0 saturated heterocycles. The second-order valence-electron chi connectivity index (χ2n) is 6.66. The maximum absolute atomic E-state index is 13.5. The van der Waals surface area contributed by atoms with Crippen LogP contribution in [-0.4, -0.2) is 55.8 Å². The normalized spacial score (nSPS) is 13.4. The molecule has 8 nitrogen and oxygen atoms in total. The number of aromatic nitrogens is 6. The number of allylic oxidation sites excluding steroid dienone is 1. The fourth-order valence-electron chi connectivity index (χ4n) is 2.58. The van der Waals surface area contributed by atoms with Crippen molar-refractivity contribution in [2.75, 3.05) is 5.75 Å². The summed E-state index contributed by atoms with van der Waals surface area (Å²) in [5, 5.41) is -1.82. The molecule has 3 heterocycles. The fraction of sp³-hybridized carbons (Fsp3) is 0.278. The molecule has 0 aliphatic rings. The van der Waals surface area contributed by atoms with E-state index < -0.39 is 37.7 Å². The maximum Gasteiger partial charge on any atom is 0.459 e. The van der Waals surface area contributed by atoms with Gasteiger partial charge in [-0.2, -0.15) is 22.0 Å². The molecule has 0 aliphatic carbocycles. The van der Waals surface area contributed by atoms with Crippen molar-refractivity contribution in [3.63, 3.8) is 0 Å². The highest BCUT2D eigenvalue weighted by atomic mass is 35.5. The highest BCUT2D eigenvalue weighted by molar-refractivity contribution is 7.91. The minimum atomic E-state index is -5.93. The smallest absolute Gasteiger partial charge is 0.326 e. The van der Waals surface area contributed by atoms with Gasteiger partial charge in [-0.1, -0.05) is 18.5 Å². The Kier molecular flexibility index (Phi) is 6.72. The molecule has 3 aromatic heterocycles. The molecular weight excluding hydrogens is 514 g/mol. The van der Waals surface area contributed by atoms with Crippen LogP contribution in [0.15, 0.2) is 34.7 Å². The van der Waals surface area contributed by atoms with Gasteiger partial charge >= 0.3 is 12.1 Å². The molecule has 3 rings (SSSR count). The predicted octanol–water partition coefficient (Wildman–Crippen LogP) is 4.04. The molecule has 0 unspecified atom stereocenters. The molecular formula is C18H13ClF6N6O2S. The van der Waals surface area contributed by atoms with Gasteiger partial charge in [0.25, 0.3) is 0 Å². The number of imidazole rings is 1. The van der Waals surface area contributed by atoms with Gasteiger partial charge in [-0.15, -0.1) is 0 Å². The Morgan fingerprint density at radius 3 is 2.18 bits per heavy atom. The van der Waals surface area contributed by atoms with Crippen molar-refractivity contribution in [1.82, 2.24) is 29.5 Å². The van der Waals surface area contributed by atoms with Crippen molar-refractivity contribution < 1.29 is 34.8 Å². The summed E-state index contributed by atoms with van der Waals surface area (Å²) in [6.45, 7) is 1.35. The van der Waals surface area contributed by atoms with Crippen molar-refractivity contribution in [3.8, 4) is 23.2 Å². The van der Waals surface area contributed by atoms with Gasteiger partial charge in [0.1, 0.15) is 10.6 Å². The highest BCUT2D eigenvalue weighted by Gasteiger charge is 2.59. The first-order valence-electron chi connectivity index (χ1n) is 9.11. The van der Waals surface area contributed by atoms with Crippen LogP contribution in [0.5, 0.6) is 0 Å². The van der Waals surface area contributed by atoms with Crippen LogP contribution in [0.4, 0.5) is 26.3 Å². The van der Waals surface area contributed by atoms with Gasteiger partial charge in [0.15, 0.2) is 33.1 Å². The van der Waals surface area contributed by atoms with E-state index >= 15 is 0 Å². The number of alkyl halides is 5. The highest BCUT2D eigenvalue weighted by Crippen LogP contribution is 2.43. The zero-order valence-corrected chi connectivity index (χ0v) is 18.7. The van der Waals surface area contributed by atoms with Crippen LogP contribution in [0.3, 0.4) is 0 Å². The number of nitrogens with zero attached hydrogens (tertiary/aromatic N) is 6. The van der Waals surface area contributed by atoms with E-state index in [0.717, 1.165) is 29.4 Å². The third-order valence-corrected chi connectivity index (χ3v) is 6.53. The summed E-state index contributed by atoms with van der Waals surface area (Å²) in [5.74, 6) is -7.03. The molecule has 3 aromatic rings. The van der Waals surface area contributed by atoms with Crippen molar-refractivity contribution in [2.24, 2.45) is 7.05 Å². The number of hydrogen-bond donors (Lipinski definition) is 0. The number of halogens is 7. The summed E-state index contributed by atoms with van der Waals surface area (Å²) in [4.78, 5) is 18.9. The molecule has 34 heavy (non-hydrogen) atoms. The summed E-state index contributed by atoms with van der Waals surface area (Å²) in [7, 11) is -2.72. The van der Waals surface area contributed by atoms with Crippen LogP contribution in [0.2, 0.25) is 0 Å². The second-order valence-corrected chi connectivity index (χ2v) is 9.32. The van der Waals surface area contributed by atoms with E-state index in [1.165, 1.54) is 14.0 Å². The first-order chi connectivity index (χ1) is 15.7. The molecule has 0 aromatic carbocycles. The summed E-state index contributed by atoms with van der Waals surface area (Å²) >= 11 is 5.24. The van der Waals surface area contributed by atoms with Crippen LogP contribution in [0.25, 0.3) is 29.2 Å². The van der Waals surface area contributed by atoms with E-state index in [0.29, 0.717) is 6.08 Å². The first kappa shape index (κ1) is 25.6. The van der Waals surface area contributed by atoms with Crippen molar-refractivity contribution in [1.29, 1.82) is 0 Å². The Morgan fingerprint density at radius 1 is 1.03 bits per heavy atom. The van der Waals surface area contributed by atoms with Gasteiger partial charge in [0.2, 0.25) is 0 Å². The van der Waals surface area contributed by atoms with E-state index in [1.807, 2.05) is 0 Å². The zero-order valence-electron chi connectivity index (χ0n) is 17.1. The molecule has 182 valence electrons. The Labute approximate surface area is 193 Å². The summed E-state index contributed by atoms with van der Waals surface area (Å²) in [6, 6.07) is 0. The standard InChI is InChI=1S/C18H13ClF6N6O2S/c1-3-34(32,33)11-8-28-15(14-26-5-9(20)6-27-14)30-13(11)16-29-7-10(31(16)2)4-12(19)17(21,22)18(23,24)25/h4-8H,3H2,1-2H3/b12-4-. The number of sulfone groups is 1. The first-order valence-corrected chi connectivity index (χ1v) is 11.1. The Bertz CT molecular complexity index is 1360. The lowest BCUT2D eigenvalue weighted by atomic mass is 10.2. The third kappa shape index (κ3) is 4.75. The molecule has 0 bridgehead atoms. The Balaban J connectivity index is 2.19. The average Bonchev–Trinajstić information content (AvgIpc) is 3.13. The molecule has 0 amide bonds. The molecule has 0 radical (unpaired) electrons. The van der Waals surface area contributed by atoms with Gasteiger partial charge in [0.05, 0.1) is 41.3 Å². The lowest BCUT2D eigenvalue weighted by molar-refractivity contribution is -0.261. The van der Waals surface area contributed by atoms with Crippen molar-refractivity contribution in [2.45, 2.75) is 23.9 Å². The predicted molar refractivity (Wildman–Crippen MR) is 108 cm³/mol. The molecule has 0 N–H and O–H groups in total. The van der Waals surface area contributed by atoms with E-state index in [9.17, 15) is 34.8 Å². The molecule has 0 spiro atoms. The van der Waals surface area contributed by atoms with Crippen molar-refractivity contribution >= 4 is 27.5 Å². The summed E-state index contributed by atoms with van der Waals surface area (Å²) < 4.78 is 104. The van der Waals surface area contributed by atoms with Gasteiger partial charge in [-0.3, -0.25) is 0 Å². The fourth-order valence-corrected chi connectivity index (χ4v) is 3.76. The molecule has 0 atom stereocenters. The molecule has 0 saturated carbocycles. The van der Waals surface area contributed by atoms with E-state index in [-0.39, 0.29) is 34.6 Å². The number of hydrogen-bond acceptors (Lipinski definition) is 7. The molecule has 16 heteroatoms. The molecule has 0 fully saturated rings. The summed E-state index contributed by atoms with van der Waals surface area (Å²) in [5.41, 5.74) is -0.609. The van der Waals surface area contributed by atoms with Crippen LogP contribution in [-0.2, 0) is 16.9 Å². The Morgan fingerprint density at radius 2 is 1.62 bits per heavy atom. The maximum atomic E-state index is 13.5. The minimum absolute atomic E-state index is 0.162. The second kappa shape index (κ2) is 8.94. The monoisotopic (exact) mass is 526 g/mol. The Hall–Kier alpha value is -3.07. The van der Waals surface area contributed by atoms with Crippen molar-refractivity contribution in [3.05, 3.63) is 41.3 Å². The van der Waals surface area contributed by atoms with E-state index in [1.54, 1.807) is 0 Å². The quantitative estimate of drug-likeness (QED) is 0.446. The lowest BCUT2D eigenvalue weighted by Gasteiger charge is -2.18. The summed E-state index contributed by atoms with van der Waals surface area (Å²) in [6.07, 6.45) is -2.07. The zero-order chi connectivity index (χ0) is 25.5. The van der Waals surface area contributed by atoms with E-state index in [2.05, 4.69) is 24.9 Å². The SMILES string of the molecule is CCS(=O)(=O)c1cnc(-c2ncc(F)cn2)nc1-c1ncc(/C=C(\Cl)C(F)(F)C(F)(F)F)n1C. The van der Waals surface area contributed by atoms with Gasteiger partial charge in [0, 0.05) is 7.05 Å². The van der Waals surface area contributed by atoms with E-state index in [4.69, 9.17) is 11.6 Å². The minimum Gasteiger partial charge on any atom is -0.326 e. The van der Waals surface area contributed by atoms with Crippen LogP contribution >= 0.6 is 11.6 Å². The van der Waals surface area contributed by atoms with Gasteiger partial charge in [-0.25, -0.2) is 37.7 Å². The van der Waals surface area contributed by atoms with Crippen LogP contribution < -0.4 is 0 Å². The largest absolute Gasteiger partial charge is 0.459 e. The van der Waals surface area contributed by atoms with Crippen LogP contribution in [0.1, 0.15) is 12.6 Å². The number of rotatable bonds is 6. The van der Waals surface area contributed by atoms with Gasteiger partial charge in [-0.05, 0) is 6.08 Å². The van der Waals surface area contributed by atoms with Crippen LogP contribution in [0, 0.1) is 5.82 Å².